The molecule has 1 rings (SSSR count). The standard InChI is InChI=1S/C16H8/c1-3-5-6-7-8-9-10-16-13-11-15(4-2)12-14-16/h1,4,11-14H,2H2. The molecule has 0 unspecified atom stereocenters. The molecule has 16 heavy (non-hydrogen) atoms. The zero-order chi connectivity index (χ0) is 11.6. The third-order valence-corrected chi connectivity index (χ3v) is 1.68. The van der Waals surface area contributed by atoms with Crippen molar-refractivity contribution in [1.29, 1.82) is 0 Å². The molecule has 0 radical (unpaired) electrons. The summed E-state index contributed by atoms with van der Waals surface area (Å²) in [7, 11) is 0. The monoisotopic (exact) mass is 200 g/mol. The average molecular weight is 200 g/mol. The highest BCUT2D eigenvalue weighted by Gasteiger charge is 1.85. The molecule has 0 aliphatic carbocycles. The highest BCUT2D eigenvalue weighted by atomic mass is 13.9. The van der Waals surface area contributed by atoms with Crippen LogP contribution in [0.4, 0.5) is 0 Å². The van der Waals surface area contributed by atoms with E-state index in [1.54, 1.807) is 6.08 Å². The molecule has 0 amide bonds. The van der Waals surface area contributed by atoms with Crippen molar-refractivity contribution in [3.05, 3.63) is 42.0 Å². The summed E-state index contributed by atoms with van der Waals surface area (Å²) in [5.41, 5.74) is 1.97. The van der Waals surface area contributed by atoms with Crippen molar-refractivity contribution in [3.8, 4) is 47.9 Å². The second-order valence-corrected chi connectivity index (χ2v) is 2.72. The SMILES string of the molecule is C#CC#CC#CC#Cc1ccc(C=C)cc1. The molecule has 1 aromatic carbocycles. The van der Waals surface area contributed by atoms with Gasteiger partial charge < -0.3 is 0 Å². The first-order chi connectivity index (χ1) is 7.86. The molecular formula is C16H8. The van der Waals surface area contributed by atoms with Gasteiger partial charge in [0, 0.05) is 5.56 Å². The van der Waals surface area contributed by atoms with Crippen molar-refractivity contribution >= 4 is 6.08 Å². The predicted molar refractivity (Wildman–Crippen MR) is 67.8 cm³/mol. The smallest absolute Gasteiger partial charge is 0.0255 e. The summed E-state index contributed by atoms with van der Waals surface area (Å²) >= 11 is 0. The van der Waals surface area contributed by atoms with Gasteiger partial charge in [-0.05, 0) is 53.2 Å². The van der Waals surface area contributed by atoms with Crippen LogP contribution < -0.4 is 0 Å². The van der Waals surface area contributed by atoms with Gasteiger partial charge in [-0.2, -0.15) is 0 Å². The van der Waals surface area contributed by atoms with E-state index >= 15 is 0 Å². The van der Waals surface area contributed by atoms with Gasteiger partial charge in [0.15, 0.2) is 0 Å². The van der Waals surface area contributed by atoms with Gasteiger partial charge in [-0.15, -0.1) is 6.42 Å². The molecule has 1 aromatic rings. The first-order valence-corrected chi connectivity index (χ1v) is 4.56. The summed E-state index contributed by atoms with van der Waals surface area (Å²) in [6.45, 7) is 3.67. The third-order valence-electron chi connectivity index (χ3n) is 1.68. The van der Waals surface area contributed by atoms with Gasteiger partial charge in [0.05, 0.1) is 0 Å². The molecule has 0 bridgehead atoms. The maximum absolute atomic E-state index is 4.93. The minimum atomic E-state index is 0.907. The molecule has 0 heterocycles. The normalized spacial score (nSPS) is 6.69. The van der Waals surface area contributed by atoms with Gasteiger partial charge in [0.2, 0.25) is 0 Å². The van der Waals surface area contributed by atoms with Gasteiger partial charge in [-0.25, -0.2) is 0 Å². The Morgan fingerprint density at radius 1 is 0.938 bits per heavy atom. The average Bonchev–Trinajstić information content (AvgIpc) is 2.34. The van der Waals surface area contributed by atoms with Crippen molar-refractivity contribution < 1.29 is 0 Å². The highest BCUT2D eigenvalue weighted by Crippen LogP contribution is 2.03. The minimum Gasteiger partial charge on any atom is -0.106 e. The van der Waals surface area contributed by atoms with Crippen molar-refractivity contribution in [1.82, 2.24) is 0 Å². The van der Waals surface area contributed by atoms with E-state index in [-0.39, 0.29) is 0 Å². The van der Waals surface area contributed by atoms with Crippen LogP contribution >= 0.6 is 0 Å². The first kappa shape index (κ1) is 11.3. The Balaban J connectivity index is 2.73. The lowest BCUT2D eigenvalue weighted by molar-refractivity contribution is 1.61. The number of hydrogen-bond donors (Lipinski definition) is 0. The lowest BCUT2D eigenvalue weighted by Gasteiger charge is -1.91. The molecule has 0 saturated carbocycles. The Morgan fingerprint density at radius 2 is 1.56 bits per heavy atom. The van der Waals surface area contributed by atoms with Gasteiger partial charge in [0.1, 0.15) is 0 Å². The van der Waals surface area contributed by atoms with E-state index in [1.807, 2.05) is 24.3 Å². The zero-order valence-corrected chi connectivity index (χ0v) is 8.67. The molecule has 0 spiro atoms. The van der Waals surface area contributed by atoms with Crippen LogP contribution in [0, 0.1) is 47.9 Å². The summed E-state index contributed by atoms with van der Waals surface area (Å²) in [4.78, 5) is 0. The Morgan fingerprint density at radius 3 is 2.19 bits per heavy atom. The first-order valence-electron chi connectivity index (χ1n) is 4.56. The molecule has 0 aliphatic heterocycles. The van der Waals surface area contributed by atoms with Crippen LogP contribution in [-0.2, 0) is 0 Å². The van der Waals surface area contributed by atoms with Crippen molar-refractivity contribution in [2.45, 2.75) is 0 Å². The van der Waals surface area contributed by atoms with E-state index in [0.29, 0.717) is 0 Å². The van der Waals surface area contributed by atoms with Crippen LogP contribution in [0.25, 0.3) is 6.08 Å². The molecule has 0 heteroatoms. The van der Waals surface area contributed by atoms with E-state index in [1.165, 1.54) is 0 Å². The number of benzene rings is 1. The van der Waals surface area contributed by atoms with Gasteiger partial charge in [-0.1, -0.05) is 30.7 Å². The third kappa shape index (κ3) is 3.94. The van der Waals surface area contributed by atoms with Crippen LogP contribution in [0.1, 0.15) is 11.1 Å². The molecule has 0 saturated heterocycles. The molecule has 0 nitrogen and oxygen atoms in total. The molecular weight excluding hydrogens is 192 g/mol. The fourth-order valence-corrected chi connectivity index (χ4v) is 0.936. The van der Waals surface area contributed by atoms with E-state index < -0.39 is 0 Å². The predicted octanol–water partition coefficient (Wildman–Crippen LogP) is 2.32. The topological polar surface area (TPSA) is 0 Å². The fraction of sp³-hybridized carbons (Fsp3) is 0. The molecule has 0 atom stereocenters. The Kier molecular flexibility index (Phi) is 4.67. The zero-order valence-electron chi connectivity index (χ0n) is 8.67. The summed E-state index contributed by atoms with van der Waals surface area (Å²) in [5.74, 6) is 17.7. The lowest BCUT2D eigenvalue weighted by atomic mass is 10.1. The lowest BCUT2D eigenvalue weighted by Crippen LogP contribution is -1.74. The number of rotatable bonds is 1. The van der Waals surface area contributed by atoms with E-state index in [4.69, 9.17) is 6.42 Å². The van der Waals surface area contributed by atoms with Gasteiger partial charge in [0.25, 0.3) is 0 Å². The maximum Gasteiger partial charge on any atom is 0.0255 e. The quantitative estimate of drug-likeness (QED) is 0.610. The van der Waals surface area contributed by atoms with Crippen LogP contribution in [-0.4, -0.2) is 0 Å². The second kappa shape index (κ2) is 6.62. The fourth-order valence-electron chi connectivity index (χ4n) is 0.936. The van der Waals surface area contributed by atoms with Crippen LogP contribution in [0.3, 0.4) is 0 Å². The second-order valence-electron chi connectivity index (χ2n) is 2.72. The summed E-state index contributed by atoms with van der Waals surface area (Å²) in [6.07, 6.45) is 6.71. The highest BCUT2D eigenvalue weighted by molar-refractivity contribution is 5.50. The van der Waals surface area contributed by atoms with E-state index in [0.717, 1.165) is 11.1 Å². The van der Waals surface area contributed by atoms with Crippen molar-refractivity contribution in [2.75, 3.05) is 0 Å². The Labute approximate surface area is 96.4 Å². The molecule has 0 N–H and O–H groups in total. The molecule has 0 fully saturated rings. The van der Waals surface area contributed by atoms with Crippen LogP contribution in [0.15, 0.2) is 30.8 Å². The largest absolute Gasteiger partial charge is 0.106 e. The Hall–Kier alpha value is -2.80. The molecule has 0 aliphatic rings. The van der Waals surface area contributed by atoms with E-state index in [2.05, 4.69) is 48.0 Å². The van der Waals surface area contributed by atoms with Crippen molar-refractivity contribution in [2.24, 2.45) is 0 Å². The minimum absolute atomic E-state index is 0.907. The van der Waals surface area contributed by atoms with Gasteiger partial charge >= 0.3 is 0 Å². The van der Waals surface area contributed by atoms with Crippen LogP contribution in [0.2, 0.25) is 0 Å². The Bertz CT molecular complexity index is 588. The molecule has 72 valence electrons. The van der Waals surface area contributed by atoms with Gasteiger partial charge in [-0.3, -0.25) is 0 Å². The molecule has 0 aromatic heterocycles. The van der Waals surface area contributed by atoms with Crippen molar-refractivity contribution in [3.63, 3.8) is 0 Å². The van der Waals surface area contributed by atoms with Crippen LogP contribution in [0.5, 0.6) is 0 Å². The number of terminal acetylenes is 1. The van der Waals surface area contributed by atoms with E-state index in [9.17, 15) is 0 Å². The maximum atomic E-state index is 4.93. The summed E-state index contributed by atoms with van der Waals surface area (Å²) in [5, 5.41) is 0. The summed E-state index contributed by atoms with van der Waals surface area (Å²) < 4.78 is 0. The number of hydrogen-bond acceptors (Lipinski definition) is 0. The summed E-state index contributed by atoms with van der Waals surface area (Å²) in [6, 6.07) is 7.72.